The zero-order chi connectivity index (χ0) is 23.2. The molecule has 8 nitrogen and oxygen atoms in total. The summed E-state index contributed by atoms with van der Waals surface area (Å²) in [4.78, 5) is 12.7. The number of aryl methyl sites for hydroxylation is 1. The molecule has 0 atom stereocenters. The maximum absolute atomic E-state index is 12.7. The maximum atomic E-state index is 12.7. The molecule has 2 aromatic carbocycles. The molecular formula is C24H24N4O4S. The van der Waals surface area contributed by atoms with Crippen molar-refractivity contribution in [1.29, 1.82) is 0 Å². The number of furan rings is 1. The number of nitrogens with zero attached hydrogens (tertiary/aromatic N) is 3. The van der Waals surface area contributed by atoms with Gasteiger partial charge in [-0.3, -0.25) is 9.36 Å². The van der Waals surface area contributed by atoms with Gasteiger partial charge in [-0.25, -0.2) is 0 Å². The van der Waals surface area contributed by atoms with Crippen LogP contribution in [0, 0.1) is 6.92 Å². The van der Waals surface area contributed by atoms with Gasteiger partial charge in [-0.1, -0.05) is 30.0 Å². The molecule has 0 aliphatic heterocycles. The van der Waals surface area contributed by atoms with Crippen LogP contribution in [0.5, 0.6) is 11.5 Å². The van der Waals surface area contributed by atoms with E-state index in [9.17, 15) is 4.79 Å². The largest absolute Gasteiger partial charge is 0.497 e. The van der Waals surface area contributed by atoms with Crippen molar-refractivity contribution in [3.63, 3.8) is 0 Å². The molecule has 1 amide bonds. The summed E-state index contributed by atoms with van der Waals surface area (Å²) in [6.45, 7) is 2.39. The first-order valence-electron chi connectivity index (χ1n) is 10.2. The molecule has 0 bridgehead atoms. The van der Waals surface area contributed by atoms with Crippen LogP contribution in [0.2, 0.25) is 0 Å². The van der Waals surface area contributed by atoms with Crippen molar-refractivity contribution in [2.24, 2.45) is 0 Å². The second kappa shape index (κ2) is 10.3. The minimum absolute atomic E-state index is 0.158. The molecule has 0 fully saturated rings. The Kier molecular flexibility index (Phi) is 6.99. The number of thioether (sulfide) groups is 1. The molecule has 0 unspecified atom stereocenters. The summed E-state index contributed by atoms with van der Waals surface area (Å²) in [6, 6.07) is 17.0. The summed E-state index contributed by atoms with van der Waals surface area (Å²) in [5.74, 6) is 2.74. The monoisotopic (exact) mass is 464 g/mol. The van der Waals surface area contributed by atoms with Crippen LogP contribution in [0.1, 0.15) is 11.3 Å². The van der Waals surface area contributed by atoms with E-state index in [-0.39, 0.29) is 11.7 Å². The summed E-state index contributed by atoms with van der Waals surface area (Å²) in [6.07, 6.45) is 1.63. The first-order chi connectivity index (χ1) is 16.1. The summed E-state index contributed by atoms with van der Waals surface area (Å²) in [7, 11) is 3.20. The van der Waals surface area contributed by atoms with Gasteiger partial charge < -0.3 is 19.2 Å². The van der Waals surface area contributed by atoms with Crippen molar-refractivity contribution < 1.29 is 18.7 Å². The van der Waals surface area contributed by atoms with Gasteiger partial charge in [0, 0.05) is 5.56 Å². The van der Waals surface area contributed by atoms with Gasteiger partial charge in [0.15, 0.2) is 11.0 Å². The third-order valence-electron chi connectivity index (χ3n) is 4.90. The number of carbonyl (C=O) groups is 1. The third-order valence-corrected chi connectivity index (χ3v) is 5.87. The van der Waals surface area contributed by atoms with Gasteiger partial charge >= 0.3 is 0 Å². The van der Waals surface area contributed by atoms with Gasteiger partial charge in [0.2, 0.25) is 5.91 Å². The molecule has 9 heteroatoms. The third kappa shape index (κ3) is 5.38. The first kappa shape index (κ1) is 22.5. The Morgan fingerprint density at radius 1 is 1.09 bits per heavy atom. The lowest BCUT2D eigenvalue weighted by atomic mass is 10.2. The van der Waals surface area contributed by atoms with Crippen LogP contribution in [0.25, 0.3) is 11.4 Å². The van der Waals surface area contributed by atoms with E-state index in [0.29, 0.717) is 29.0 Å². The number of benzene rings is 2. The summed E-state index contributed by atoms with van der Waals surface area (Å²) < 4.78 is 18.2. The molecule has 33 heavy (non-hydrogen) atoms. The minimum Gasteiger partial charge on any atom is -0.497 e. The predicted molar refractivity (Wildman–Crippen MR) is 127 cm³/mol. The Labute approximate surface area is 195 Å². The van der Waals surface area contributed by atoms with Crippen molar-refractivity contribution in [3.8, 4) is 22.9 Å². The molecule has 0 aliphatic rings. The van der Waals surface area contributed by atoms with E-state index in [0.717, 1.165) is 22.6 Å². The zero-order valence-corrected chi connectivity index (χ0v) is 19.4. The van der Waals surface area contributed by atoms with E-state index in [1.165, 1.54) is 11.8 Å². The van der Waals surface area contributed by atoms with E-state index in [2.05, 4.69) is 15.5 Å². The number of nitrogens with one attached hydrogen (secondary N) is 1. The average Bonchev–Trinajstić information content (AvgIpc) is 3.48. The molecule has 0 spiro atoms. The molecule has 4 rings (SSSR count). The molecule has 170 valence electrons. The lowest BCUT2D eigenvalue weighted by Crippen LogP contribution is -2.15. The quantitative estimate of drug-likeness (QED) is 0.361. The number of ether oxygens (including phenoxy) is 2. The highest BCUT2D eigenvalue weighted by atomic mass is 32.2. The number of methoxy groups -OCH3 is 2. The topological polar surface area (TPSA) is 91.4 Å². The SMILES string of the molecule is COc1cccc(-c2nnc(SCC(=O)Nc3cc(C)ccc3OC)n2Cc2ccco2)c1. The van der Waals surface area contributed by atoms with Crippen molar-refractivity contribution >= 4 is 23.4 Å². The lowest BCUT2D eigenvalue weighted by molar-refractivity contribution is -0.113. The van der Waals surface area contributed by atoms with Crippen LogP contribution >= 0.6 is 11.8 Å². The van der Waals surface area contributed by atoms with Crippen LogP contribution in [-0.2, 0) is 11.3 Å². The average molecular weight is 465 g/mol. The van der Waals surface area contributed by atoms with Crippen molar-refractivity contribution in [2.75, 3.05) is 25.3 Å². The van der Waals surface area contributed by atoms with Crippen molar-refractivity contribution in [1.82, 2.24) is 14.8 Å². The van der Waals surface area contributed by atoms with E-state index in [1.54, 1.807) is 20.5 Å². The standard InChI is InChI=1S/C24H24N4O4S/c1-16-9-10-21(31-3)20(12-16)25-22(29)15-33-24-27-26-23(17-6-4-7-18(13-17)30-2)28(24)14-19-8-5-11-32-19/h4-13H,14-15H2,1-3H3,(H,25,29). The summed E-state index contributed by atoms with van der Waals surface area (Å²) >= 11 is 1.30. The number of rotatable bonds is 9. The predicted octanol–water partition coefficient (Wildman–Crippen LogP) is 4.64. The number of aromatic nitrogens is 3. The van der Waals surface area contributed by atoms with Crippen LogP contribution in [0.4, 0.5) is 5.69 Å². The Hall–Kier alpha value is -3.72. The van der Waals surface area contributed by atoms with Gasteiger partial charge in [-0.15, -0.1) is 10.2 Å². The van der Waals surface area contributed by atoms with Crippen LogP contribution in [0.15, 0.2) is 70.4 Å². The highest BCUT2D eigenvalue weighted by Crippen LogP contribution is 2.29. The molecule has 0 radical (unpaired) electrons. The number of hydrogen-bond acceptors (Lipinski definition) is 7. The lowest BCUT2D eigenvalue weighted by Gasteiger charge is -2.12. The zero-order valence-electron chi connectivity index (χ0n) is 18.6. The van der Waals surface area contributed by atoms with Crippen molar-refractivity contribution in [2.45, 2.75) is 18.6 Å². The van der Waals surface area contributed by atoms with Crippen LogP contribution in [-0.4, -0.2) is 40.6 Å². The fourth-order valence-corrected chi connectivity index (χ4v) is 4.05. The second-order valence-electron chi connectivity index (χ2n) is 7.24. The fraction of sp³-hybridized carbons (Fsp3) is 0.208. The van der Waals surface area contributed by atoms with Gasteiger partial charge in [-0.05, 0) is 48.9 Å². The van der Waals surface area contributed by atoms with Crippen molar-refractivity contribution in [3.05, 3.63) is 72.2 Å². The Bertz CT molecular complexity index is 1240. The van der Waals surface area contributed by atoms with E-state index in [1.807, 2.05) is 66.1 Å². The van der Waals surface area contributed by atoms with Gasteiger partial charge in [-0.2, -0.15) is 0 Å². The van der Waals surface area contributed by atoms with E-state index >= 15 is 0 Å². The Morgan fingerprint density at radius 2 is 1.97 bits per heavy atom. The molecule has 0 saturated heterocycles. The molecule has 4 aromatic rings. The number of anilines is 1. The van der Waals surface area contributed by atoms with Crippen LogP contribution in [0.3, 0.4) is 0 Å². The molecular weight excluding hydrogens is 440 g/mol. The van der Waals surface area contributed by atoms with Gasteiger partial charge in [0.1, 0.15) is 17.3 Å². The highest BCUT2D eigenvalue weighted by Gasteiger charge is 2.18. The summed E-state index contributed by atoms with van der Waals surface area (Å²) in [5, 5.41) is 12.3. The van der Waals surface area contributed by atoms with Gasteiger partial charge in [0.05, 0.1) is 38.5 Å². The van der Waals surface area contributed by atoms with E-state index in [4.69, 9.17) is 13.9 Å². The first-order valence-corrected chi connectivity index (χ1v) is 11.2. The molecule has 0 aliphatic carbocycles. The van der Waals surface area contributed by atoms with Crippen LogP contribution < -0.4 is 14.8 Å². The second-order valence-corrected chi connectivity index (χ2v) is 8.19. The Balaban J connectivity index is 1.55. The molecule has 1 N–H and O–H groups in total. The van der Waals surface area contributed by atoms with E-state index < -0.39 is 0 Å². The fourth-order valence-electron chi connectivity index (χ4n) is 3.31. The Morgan fingerprint density at radius 3 is 2.73 bits per heavy atom. The summed E-state index contributed by atoms with van der Waals surface area (Å²) in [5.41, 5.74) is 2.52. The number of carbonyl (C=O) groups excluding carboxylic acids is 1. The number of amides is 1. The van der Waals surface area contributed by atoms with Gasteiger partial charge in [0.25, 0.3) is 0 Å². The molecule has 0 saturated carbocycles. The normalized spacial score (nSPS) is 10.8. The molecule has 2 heterocycles. The number of hydrogen-bond donors (Lipinski definition) is 1. The smallest absolute Gasteiger partial charge is 0.234 e. The molecule has 2 aromatic heterocycles. The highest BCUT2D eigenvalue weighted by molar-refractivity contribution is 7.99. The maximum Gasteiger partial charge on any atom is 0.234 e. The minimum atomic E-state index is -0.167.